The van der Waals surface area contributed by atoms with E-state index in [1.807, 2.05) is 20.8 Å². The average molecular weight is 408 g/mol. The van der Waals surface area contributed by atoms with E-state index in [-0.39, 0.29) is 5.57 Å². The van der Waals surface area contributed by atoms with Crippen LogP contribution in [0.4, 0.5) is 0 Å². The molecule has 6 fully saturated rings. The van der Waals surface area contributed by atoms with Crippen LogP contribution in [0.3, 0.4) is 0 Å². The summed E-state index contributed by atoms with van der Waals surface area (Å²) in [6, 6.07) is 0. The van der Waals surface area contributed by atoms with Gasteiger partial charge in [-0.15, -0.1) is 0 Å². The predicted octanol–water partition coefficient (Wildman–Crippen LogP) is 0.738. The first kappa shape index (κ1) is 20.1. The Morgan fingerprint density at radius 3 is 2.52 bits per heavy atom. The number of carbonyl (C=O) groups is 1. The maximum Gasteiger partial charge on any atom is 0.211 e. The van der Waals surface area contributed by atoms with Gasteiger partial charge in [0.25, 0.3) is 0 Å². The number of Topliss-reactive ketones (excluding diaryl/α,β-unsaturated/α-hetero) is 1. The molecule has 4 saturated carbocycles. The molecule has 6 rings (SSSR count). The number of ketones is 1. The lowest BCUT2D eigenvalue weighted by molar-refractivity contribution is -0.511. The quantitative estimate of drug-likeness (QED) is 0.498. The summed E-state index contributed by atoms with van der Waals surface area (Å²) in [4.78, 5) is 13.6. The summed E-state index contributed by atoms with van der Waals surface area (Å²) < 4.78 is 12.0. The Morgan fingerprint density at radius 1 is 1.17 bits per heavy atom. The minimum absolute atomic E-state index is 0.280. The van der Waals surface area contributed by atoms with Crippen molar-refractivity contribution < 1.29 is 34.7 Å². The van der Waals surface area contributed by atoms with E-state index in [1.54, 1.807) is 0 Å². The molecule has 4 N–H and O–H groups in total. The standard InChI is InChI=1S/C22H32O7/c1-5-28-18-20-12-7-6-11-10(2)15(24)21(12,16(11)25)22(27,29-18)17(26)14(20)19(3,4)9-8-13(20)23/h11-14,16-18,23,25-27H,2,5-9H2,1,3-4H3/t11-,12-,13-,14+,16+,17-,18?,20-,21-,22-/m0/s1. The summed E-state index contributed by atoms with van der Waals surface area (Å²) in [7, 11) is 0. The Labute approximate surface area is 170 Å². The van der Waals surface area contributed by atoms with E-state index in [1.165, 1.54) is 0 Å². The maximum absolute atomic E-state index is 13.6. The zero-order chi connectivity index (χ0) is 21.1. The fraction of sp³-hybridized carbons (Fsp3) is 0.864. The zero-order valence-electron chi connectivity index (χ0n) is 17.3. The molecule has 1 unspecified atom stereocenters. The fourth-order valence-corrected chi connectivity index (χ4v) is 8.26. The van der Waals surface area contributed by atoms with Gasteiger partial charge in [0.1, 0.15) is 11.5 Å². The molecule has 10 atom stereocenters. The van der Waals surface area contributed by atoms with Crippen LogP contribution in [0.2, 0.25) is 0 Å². The number of rotatable bonds is 2. The number of carbonyl (C=O) groups excluding carboxylic acids is 1. The number of ether oxygens (including phenoxy) is 2. The Hall–Kier alpha value is -0.830. The lowest BCUT2D eigenvalue weighted by Gasteiger charge is -2.76. The first-order chi connectivity index (χ1) is 13.5. The normalized spacial score (nSPS) is 57.6. The van der Waals surface area contributed by atoms with Crippen LogP contribution in [-0.4, -0.2) is 63.2 Å². The number of aliphatic hydroxyl groups is 4. The van der Waals surface area contributed by atoms with Crippen LogP contribution in [0, 0.1) is 34.0 Å². The van der Waals surface area contributed by atoms with Crippen molar-refractivity contribution in [3.05, 3.63) is 12.2 Å². The molecule has 29 heavy (non-hydrogen) atoms. The number of aliphatic hydroxyl groups excluding tert-OH is 3. The highest BCUT2D eigenvalue weighted by Crippen LogP contribution is 2.78. The van der Waals surface area contributed by atoms with E-state index < -0.39 is 70.2 Å². The second-order valence-electron chi connectivity index (χ2n) is 10.5. The summed E-state index contributed by atoms with van der Waals surface area (Å²) >= 11 is 0. The molecule has 0 aromatic heterocycles. The van der Waals surface area contributed by atoms with E-state index >= 15 is 0 Å². The smallest absolute Gasteiger partial charge is 0.211 e. The van der Waals surface area contributed by atoms with Gasteiger partial charge >= 0.3 is 0 Å². The van der Waals surface area contributed by atoms with Crippen LogP contribution in [0.5, 0.6) is 0 Å². The summed E-state index contributed by atoms with van der Waals surface area (Å²) in [5, 5.41) is 46.2. The molecule has 2 heterocycles. The van der Waals surface area contributed by atoms with Crippen molar-refractivity contribution in [1.82, 2.24) is 0 Å². The first-order valence-corrected chi connectivity index (χ1v) is 10.8. The van der Waals surface area contributed by atoms with Gasteiger partial charge in [0.2, 0.25) is 5.79 Å². The molecule has 2 saturated heterocycles. The second-order valence-corrected chi connectivity index (χ2v) is 10.5. The van der Waals surface area contributed by atoms with E-state index in [0.29, 0.717) is 32.3 Å². The van der Waals surface area contributed by atoms with E-state index in [9.17, 15) is 25.2 Å². The van der Waals surface area contributed by atoms with Crippen molar-refractivity contribution in [2.24, 2.45) is 34.0 Å². The van der Waals surface area contributed by atoms with Gasteiger partial charge in [-0.05, 0) is 49.5 Å². The summed E-state index contributed by atoms with van der Waals surface area (Å²) in [6.07, 6.45) is -2.29. The van der Waals surface area contributed by atoms with Crippen molar-refractivity contribution in [3.63, 3.8) is 0 Å². The molecule has 2 spiro atoms. The van der Waals surface area contributed by atoms with Crippen LogP contribution < -0.4 is 0 Å². The van der Waals surface area contributed by atoms with Crippen molar-refractivity contribution in [3.8, 4) is 0 Å². The molecular formula is C22H32O7. The third-order valence-electron chi connectivity index (χ3n) is 9.22. The molecule has 0 aromatic rings. The van der Waals surface area contributed by atoms with Gasteiger partial charge in [0.15, 0.2) is 12.1 Å². The lowest BCUT2D eigenvalue weighted by atomic mass is 9.35. The SMILES string of the molecule is C=C1C(=O)[C@]23[C@H](O)[C@H]1CC[C@H]2[C@@]12C(OCC)O[C@@]3(O)[C@@H](O)[C@@H]1C(C)(C)CC[C@@H]2O. The van der Waals surface area contributed by atoms with Crippen molar-refractivity contribution in [1.29, 1.82) is 0 Å². The summed E-state index contributed by atoms with van der Waals surface area (Å²) in [5.74, 6) is -4.33. The molecule has 4 bridgehead atoms. The predicted molar refractivity (Wildman–Crippen MR) is 101 cm³/mol. The van der Waals surface area contributed by atoms with Crippen LogP contribution in [-0.2, 0) is 14.3 Å². The first-order valence-electron chi connectivity index (χ1n) is 10.8. The molecule has 7 heteroatoms. The molecular weight excluding hydrogens is 376 g/mol. The third-order valence-corrected chi connectivity index (χ3v) is 9.22. The fourth-order valence-electron chi connectivity index (χ4n) is 8.26. The number of fused-ring (bicyclic) bond motifs is 2. The molecule has 6 aliphatic rings. The molecule has 162 valence electrons. The van der Waals surface area contributed by atoms with Gasteiger partial charge in [0.05, 0.1) is 17.6 Å². The minimum Gasteiger partial charge on any atom is -0.392 e. The highest BCUT2D eigenvalue weighted by molar-refractivity contribution is 6.05. The Kier molecular flexibility index (Phi) is 3.94. The van der Waals surface area contributed by atoms with Crippen LogP contribution in [0.15, 0.2) is 12.2 Å². The Bertz CT molecular complexity index is 779. The molecule has 0 amide bonds. The zero-order valence-corrected chi connectivity index (χ0v) is 17.3. The van der Waals surface area contributed by atoms with E-state index in [4.69, 9.17) is 9.47 Å². The van der Waals surface area contributed by atoms with E-state index in [2.05, 4.69) is 6.58 Å². The van der Waals surface area contributed by atoms with Gasteiger partial charge in [-0.3, -0.25) is 4.79 Å². The van der Waals surface area contributed by atoms with Crippen LogP contribution in [0.25, 0.3) is 0 Å². The topological polar surface area (TPSA) is 116 Å². The Morgan fingerprint density at radius 2 is 1.86 bits per heavy atom. The maximum atomic E-state index is 13.6. The van der Waals surface area contributed by atoms with Crippen molar-refractivity contribution >= 4 is 5.78 Å². The van der Waals surface area contributed by atoms with Gasteiger partial charge in [-0.25, -0.2) is 0 Å². The van der Waals surface area contributed by atoms with Gasteiger partial charge in [-0.2, -0.15) is 0 Å². The van der Waals surface area contributed by atoms with Gasteiger partial charge < -0.3 is 29.9 Å². The van der Waals surface area contributed by atoms with Crippen molar-refractivity contribution in [2.45, 2.75) is 76.8 Å². The third kappa shape index (κ3) is 1.82. The van der Waals surface area contributed by atoms with Crippen molar-refractivity contribution in [2.75, 3.05) is 6.61 Å². The molecule has 0 radical (unpaired) electrons. The van der Waals surface area contributed by atoms with Gasteiger partial charge in [0, 0.05) is 18.4 Å². The largest absolute Gasteiger partial charge is 0.392 e. The minimum atomic E-state index is -2.30. The van der Waals surface area contributed by atoms with Crippen LogP contribution in [0.1, 0.15) is 46.5 Å². The highest BCUT2D eigenvalue weighted by Gasteiger charge is 2.89. The number of hydrogen-bond donors (Lipinski definition) is 4. The van der Waals surface area contributed by atoms with E-state index in [0.717, 1.165) is 0 Å². The molecule has 4 aliphatic carbocycles. The summed E-state index contributed by atoms with van der Waals surface area (Å²) in [6.45, 7) is 10.0. The second kappa shape index (κ2) is 5.69. The molecule has 2 aliphatic heterocycles. The molecule has 7 nitrogen and oxygen atoms in total. The lowest BCUT2D eigenvalue weighted by Crippen LogP contribution is -2.88. The average Bonchev–Trinajstić information content (AvgIpc) is 2.76. The summed E-state index contributed by atoms with van der Waals surface area (Å²) in [5.41, 5.74) is -2.98. The van der Waals surface area contributed by atoms with Gasteiger partial charge in [-0.1, -0.05) is 20.4 Å². The Balaban J connectivity index is 1.83. The highest BCUT2D eigenvalue weighted by atomic mass is 16.8. The number of hydrogen-bond acceptors (Lipinski definition) is 7. The molecule has 0 aromatic carbocycles. The van der Waals surface area contributed by atoms with Crippen LogP contribution >= 0.6 is 0 Å². The monoisotopic (exact) mass is 408 g/mol.